The van der Waals surface area contributed by atoms with Gasteiger partial charge in [-0.2, -0.15) is 0 Å². The number of ether oxygens (including phenoxy) is 1. The third kappa shape index (κ3) is 6.12. The zero-order valence-electron chi connectivity index (χ0n) is 14.9. The van der Waals surface area contributed by atoms with Gasteiger partial charge in [0, 0.05) is 26.6 Å². The van der Waals surface area contributed by atoms with Crippen molar-refractivity contribution in [2.24, 2.45) is 16.6 Å². The monoisotopic (exact) mass is 366 g/mol. The maximum Gasteiger partial charge on any atom is 0.217 e. The van der Waals surface area contributed by atoms with Crippen molar-refractivity contribution in [2.45, 2.75) is 32.3 Å². The first-order valence-corrected chi connectivity index (χ1v) is 9.02. The number of aliphatic imine (C=N–C) groups is 1. The van der Waals surface area contributed by atoms with E-state index in [0.29, 0.717) is 29.7 Å². The molecule has 0 radical (unpaired) electrons. The number of hydrogen-bond donors (Lipinski definition) is 2. The zero-order valence-corrected chi connectivity index (χ0v) is 15.6. The third-order valence-electron chi connectivity index (χ3n) is 4.23. The van der Waals surface area contributed by atoms with Crippen LogP contribution in [0.5, 0.6) is 5.75 Å². The smallest absolute Gasteiger partial charge is 0.217 e. The van der Waals surface area contributed by atoms with Crippen LogP contribution >= 0.6 is 11.6 Å². The largest absolute Gasteiger partial charge is 0.487 e. The normalized spacial score (nSPS) is 19.4. The molecule has 0 saturated carbocycles. The Morgan fingerprint density at radius 1 is 1.52 bits per heavy atom. The van der Waals surface area contributed by atoms with Crippen LogP contribution in [-0.2, 0) is 4.79 Å². The Labute approximate surface area is 154 Å². The SMILES string of the molecule is CN=C(NCC(C)Oc1ccccc1Cl)N1CCCC(CC(N)=O)C1. The molecule has 2 rings (SSSR count). The van der Waals surface area contributed by atoms with Gasteiger partial charge >= 0.3 is 0 Å². The van der Waals surface area contributed by atoms with Gasteiger partial charge in [0.15, 0.2) is 5.96 Å². The topological polar surface area (TPSA) is 80.0 Å². The number of rotatable bonds is 6. The number of likely N-dealkylation sites (tertiary alicyclic amines) is 1. The van der Waals surface area contributed by atoms with E-state index in [1.165, 1.54) is 0 Å². The summed E-state index contributed by atoms with van der Waals surface area (Å²) in [6.07, 6.45) is 2.43. The summed E-state index contributed by atoms with van der Waals surface area (Å²) in [4.78, 5) is 17.7. The Kier molecular flexibility index (Phi) is 7.37. The number of para-hydroxylation sites is 1. The number of amides is 1. The molecule has 3 N–H and O–H groups in total. The number of halogens is 1. The molecule has 6 nitrogen and oxygen atoms in total. The predicted octanol–water partition coefficient (Wildman–Crippen LogP) is 2.27. The van der Waals surface area contributed by atoms with Crippen molar-refractivity contribution in [1.82, 2.24) is 10.2 Å². The van der Waals surface area contributed by atoms with E-state index in [1.807, 2.05) is 31.2 Å². The van der Waals surface area contributed by atoms with Crippen LogP contribution in [0.15, 0.2) is 29.3 Å². The highest BCUT2D eigenvalue weighted by atomic mass is 35.5. The lowest BCUT2D eigenvalue weighted by Crippen LogP contribution is -2.49. The quantitative estimate of drug-likeness (QED) is 0.598. The average molecular weight is 367 g/mol. The number of carbonyl (C=O) groups excluding carboxylic acids is 1. The summed E-state index contributed by atoms with van der Waals surface area (Å²) in [6, 6.07) is 7.43. The van der Waals surface area contributed by atoms with Crippen molar-refractivity contribution in [3.63, 3.8) is 0 Å². The molecule has 1 aliphatic heterocycles. The lowest BCUT2D eigenvalue weighted by molar-refractivity contribution is -0.119. The Morgan fingerprint density at radius 2 is 2.28 bits per heavy atom. The summed E-state index contributed by atoms with van der Waals surface area (Å²) in [5, 5.41) is 3.95. The molecule has 1 aliphatic rings. The highest BCUT2D eigenvalue weighted by molar-refractivity contribution is 6.32. The van der Waals surface area contributed by atoms with Crippen molar-refractivity contribution in [3.8, 4) is 5.75 Å². The molecular formula is C18H27ClN4O2. The van der Waals surface area contributed by atoms with Crippen molar-refractivity contribution in [2.75, 3.05) is 26.7 Å². The highest BCUT2D eigenvalue weighted by Crippen LogP contribution is 2.24. The maximum atomic E-state index is 11.2. The molecule has 1 fully saturated rings. The lowest BCUT2D eigenvalue weighted by Gasteiger charge is -2.35. The van der Waals surface area contributed by atoms with Crippen LogP contribution in [0.25, 0.3) is 0 Å². The van der Waals surface area contributed by atoms with Crippen molar-refractivity contribution in [3.05, 3.63) is 29.3 Å². The minimum atomic E-state index is -0.239. The van der Waals surface area contributed by atoms with Crippen LogP contribution in [0.2, 0.25) is 5.02 Å². The molecule has 1 amide bonds. The van der Waals surface area contributed by atoms with E-state index in [2.05, 4.69) is 15.2 Å². The number of benzene rings is 1. The molecule has 0 aliphatic carbocycles. The van der Waals surface area contributed by atoms with Crippen LogP contribution < -0.4 is 15.8 Å². The fraction of sp³-hybridized carbons (Fsp3) is 0.556. The average Bonchev–Trinajstić information content (AvgIpc) is 2.57. The van der Waals surface area contributed by atoms with Crippen molar-refractivity contribution >= 4 is 23.5 Å². The number of nitrogens with one attached hydrogen (secondary N) is 1. The number of piperidine rings is 1. The Hall–Kier alpha value is -1.95. The summed E-state index contributed by atoms with van der Waals surface area (Å²) < 4.78 is 5.87. The van der Waals surface area contributed by atoms with Crippen LogP contribution in [-0.4, -0.2) is 49.6 Å². The second kappa shape index (κ2) is 9.51. The number of carbonyl (C=O) groups is 1. The summed E-state index contributed by atoms with van der Waals surface area (Å²) in [7, 11) is 1.76. The van der Waals surface area contributed by atoms with Gasteiger partial charge in [-0.1, -0.05) is 23.7 Å². The summed E-state index contributed by atoms with van der Waals surface area (Å²) in [5.74, 6) is 1.55. The van der Waals surface area contributed by atoms with Gasteiger partial charge in [0.1, 0.15) is 11.9 Å². The van der Waals surface area contributed by atoms with Crippen LogP contribution in [0.1, 0.15) is 26.2 Å². The van der Waals surface area contributed by atoms with Gasteiger partial charge in [0.2, 0.25) is 5.91 Å². The standard InChI is InChI=1S/C18H27ClN4O2/c1-13(25-16-8-4-3-7-15(16)19)11-22-18(21-2)23-9-5-6-14(12-23)10-17(20)24/h3-4,7-8,13-14H,5-6,9-12H2,1-2H3,(H2,20,24)(H,21,22). The molecule has 1 heterocycles. The first kappa shape index (κ1) is 19.4. The fourth-order valence-electron chi connectivity index (χ4n) is 3.07. The third-order valence-corrected chi connectivity index (χ3v) is 4.54. The molecule has 1 saturated heterocycles. The Bertz CT molecular complexity index is 608. The van der Waals surface area contributed by atoms with E-state index in [4.69, 9.17) is 22.1 Å². The molecule has 138 valence electrons. The maximum absolute atomic E-state index is 11.2. The van der Waals surface area contributed by atoms with Crippen molar-refractivity contribution in [1.29, 1.82) is 0 Å². The van der Waals surface area contributed by atoms with E-state index in [0.717, 1.165) is 31.9 Å². The minimum Gasteiger partial charge on any atom is -0.487 e. The van der Waals surface area contributed by atoms with Gasteiger partial charge in [-0.3, -0.25) is 9.79 Å². The second-order valence-electron chi connectivity index (χ2n) is 6.41. The van der Waals surface area contributed by atoms with E-state index in [1.54, 1.807) is 7.05 Å². The summed E-state index contributed by atoms with van der Waals surface area (Å²) in [6.45, 7) is 4.31. The van der Waals surface area contributed by atoms with E-state index in [-0.39, 0.29) is 12.0 Å². The first-order valence-electron chi connectivity index (χ1n) is 8.64. The first-order chi connectivity index (χ1) is 12.0. The van der Waals surface area contributed by atoms with Gasteiger partial charge in [-0.25, -0.2) is 0 Å². The second-order valence-corrected chi connectivity index (χ2v) is 6.82. The van der Waals surface area contributed by atoms with Crippen LogP contribution in [0.3, 0.4) is 0 Å². The molecule has 1 aromatic rings. The molecule has 2 atom stereocenters. The molecule has 7 heteroatoms. The zero-order chi connectivity index (χ0) is 18.2. The number of nitrogens with zero attached hydrogens (tertiary/aromatic N) is 2. The van der Waals surface area contributed by atoms with Gasteiger partial charge < -0.3 is 20.7 Å². The number of hydrogen-bond acceptors (Lipinski definition) is 3. The van der Waals surface area contributed by atoms with E-state index < -0.39 is 0 Å². The van der Waals surface area contributed by atoms with Gasteiger partial charge in [0.05, 0.1) is 11.6 Å². The van der Waals surface area contributed by atoms with Gasteiger partial charge in [0.25, 0.3) is 0 Å². The molecule has 1 aromatic carbocycles. The van der Waals surface area contributed by atoms with Crippen LogP contribution in [0.4, 0.5) is 0 Å². The predicted molar refractivity (Wildman–Crippen MR) is 101 cm³/mol. The molecule has 0 bridgehead atoms. The van der Waals surface area contributed by atoms with Gasteiger partial charge in [-0.15, -0.1) is 0 Å². The summed E-state index contributed by atoms with van der Waals surface area (Å²) in [5.41, 5.74) is 5.33. The fourth-order valence-corrected chi connectivity index (χ4v) is 3.25. The number of guanidine groups is 1. The molecule has 0 aromatic heterocycles. The van der Waals surface area contributed by atoms with E-state index in [9.17, 15) is 4.79 Å². The van der Waals surface area contributed by atoms with Crippen LogP contribution in [0, 0.1) is 5.92 Å². The van der Waals surface area contributed by atoms with Gasteiger partial charge in [-0.05, 0) is 37.8 Å². The Morgan fingerprint density at radius 3 is 2.96 bits per heavy atom. The summed E-state index contributed by atoms with van der Waals surface area (Å²) >= 11 is 6.12. The molecular weight excluding hydrogens is 340 g/mol. The lowest BCUT2D eigenvalue weighted by atomic mass is 9.95. The molecule has 25 heavy (non-hydrogen) atoms. The van der Waals surface area contributed by atoms with Crippen molar-refractivity contribution < 1.29 is 9.53 Å². The molecule has 2 unspecified atom stereocenters. The number of nitrogens with two attached hydrogens (primary N) is 1. The minimum absolute atomic E-state index is 0.0668. The highest BCUT2D eigenvalue weighted by Gasteiger charge is 2.23. The number of primary amides is 1. The van der Waals surface area contributed by atoms with E-state index >= 15 is 0 Å². The molecule has 0 spiro atoms. The Balaban J connectivity index is 1.85.